The number of nitrogens with one attached hydrogen (secondary N) is 1. The third kappa shape index (κ3) is 3.79. The van der Waals surface area contributed by atoms with E-state index < -0.39 is 11.5 Å². The molecule has 1 aromatic rings. The van der Waals surface area contributed by atoms with Crippen LogP contribution in [0.15, 0.2) is 24.3 Å². The second kappa shape index (κ2) is 6.08. The molecule has 96 valence electrons. The number of carboxylic acids is 1. The fraction of sp³-hybridized carbons (Fsp3) is 0.357. The number of hydrogen-bond donors (Lipinski definition) is 3. The summed E-state index contributed by atoms with van der Waals surface area (Å²) in [7, 11) is 0. The van der Waals surface area contributed by atoms with E-state index in [2.05, 4.69) is 11.2 Å². The quantitative estimate of drug-likeness (QED) is 0.664. The molecule has 0 aliphatic carbocycles. The molecule has 4 nitrogen and oxygen atoms in total. The zero-order chi connectivity index (χ0) is 13.6. The van der Waals surface area contributed by atoms with Crippen molar-refractivity contribution in [2.45, 2.75) is 25.3 Å². The Hall–Kier alpha value is -1.99. The molecule has 0 saturated heterocycles. The number of terminal acetylenes is 1. The lowest BCUT2D eigenvalue weighted by molar-refractivity contribution is -0.144. The topological polar surface area (TPSA) is 69.6 Å². The van der Waals surface area contributed by atoms with E-state index >= 15 is 0 Å². The zero-order valence-corrected chi connectivity index (χ0v) is 10.3. The van der Waals surface area contributed by atoms with Crippen molar-refractivity contribution < 1.29 is 15.0 Å². The van der Waals surface area contributed by atoms with Gasteiger partial charge >= 0.3 is 5.97 Å². The summed E-state index contributed by atoms with van der Waals surface area (Å²) in [4.78, 5) is 11.2. The average Bonchev–Trinajstić information content (AvgIpc) is 2.35. The van der Waals surface area contributed by atoms with Crippen molar-refractivity contribution in [1.29, 1.82) is 0 Å². The number of carboxylic acid groups (broad SMARTS) is 1. The van der Waals surface area contributed by atoms with E-state index in [-0.39, 0.29) is 12.3 Å². The first-order chi connectivity index (χ1) is 8.48. The minimum absolute atomic E-state index is 0.199. The molecule has 0 fully saturated rings. The lowest BCUT2D eigenvalue weighted by Gasteiger charge is -2.25. The molecule has 0 radical (unpaired) electrons. The maximum absolute atomic E-state index is 11.2. The Morgan fingerprint density at radius 1 is 1.44 bits per heavy atom. The van der Waals surface area contributed by atoms with Crippen LogP contribution in [0.2, 0.25) is 0 Å². The summed E-state index contributed by atoms with van der Waals surface area (Å²) in [6.07, 6.45) is 6.15. The van der Waals surface area contributed by atoms with Crippen molar-refractivity contribution in [2.24, 2.45) is 0 Å². The van der Waals surface area contributed by atoms with Crippen molar-refractivity contribution in [3.63, 3.8) is 0 Å². The molecule has 1 aromatic carbocycles. The molecule has 1 rings (SSSR count). The van der Waals surface area contributed by atoms with Gasteiger partial charge in [-0.25, -0.2) is 0 Å². The van der Waals surface area contributed by atoms with Crippen molar-refractivity contribution in [1.82, 2.24) is 5.32 Å². The Morgan fingerprint density at radius 3 is 2.56 bits per heavy atom. The molecule has 3 N–H and O–H groups in total. The van der Waals surface area contributed by atoms with Gasteiger partial charge in [0.15, 0.2) is 0 Å². The van der Waals surface area contributed by atoms with Gasteiger partial charge in [-0.3, -0.25) is 10.1 Å². The molecule has 0 aromatic heterocycles. The first-order valence-corrected chi connectivity index (χ1v) is 5.68. The largest absolute Gasteiger partial charge is 0.508 e. The molecule has 0 aliphatic heterocycles. The van der Waals surface area contributed by atoms with Crippen LogP contribution in [-0.2, 0) is 11.2 Å². The van der Waals surface area contributed by atoms with E-state index in [0.717, 1.165) is 5.56 Å². The Labute approximate surface area is 107 Å². The number of aliphatic carboxylic acids is 1. The summed E-state index contributed by atoms with van der Waals surface area (Å²) in [5.41, 5.74) is -0.0626. The Kier molecular flexibility index (Phi) is 4.75. The molecule has 1 unspecified atom stereocenters. The van der Waals surface area contributed by atoms with Crippen LogP contribution in [-0.4, -0.2) is 28.3 Å². The zero-order valence-electron chi connectivity index (χ0n) is 10.3. The van der Waals surface area contributed by atoms with Gasteiger partial charge in [0.1, 0.15) is 11.3 Å². The average molecular weight is 247 g/mol. The number of phenolic OH excluding ortho intramolecular Hbond substituents is 1. The fourth-order valence-electron chi connectivity index (χ4n) is 1.57. The molecule has 0 amide bonds. The summed E-state index contributed by atoms with van der Waals surface area (Å²) in [6, 6.07) is 6.72. The van der Waals surface area contributed by atoms with Gasteiger partial charge in [-0.2, -0.15) is 0 Å². The Bertz CT molecular complexity index is 447. The molecule has 0 saturated carbocycles. The normalized spacial score (nSPS) is 13.6. The molecule has 18 heavy (non-hydrogen) atoms. The SMILES string of the molecule is C#CCNC(C)(CCc1ccc(O)cc1)C(=O)O. The van der Waals surface area contributed by atoms with E-state index in [1.54, 1.807) is 31.2 Å². The Morgan fingerprint density at radius 2 is 2.06 bits per heavy atom. The number of phenols is 1. The lowest BCUT2D eigenvalue weighted by Crippen LogP contribution is -2.50. The highest BCUT2D eigenvalue weighted by Crippen LogP contribution is 2.16. The van der Waals surface area contributed by atoms with Crippen molar-refractivity contribution in [3.05, 3.63) is 29.8 Å². The maximum atomic E-state index is 11.2. The summed E-state index contributed by atoms with van der Waals surface area (Å²) in [5.74, 6) is 1.66. The predicted molar refractivity (Wildman–Crippen MR) is 69.3 cm³/mol. The van der Waals surface area contributed by atoms with Gasteiger partial charge < -0.3 is 10.2 Å². The van der Waals surface area contributed by atoms with E-state index in [9.17, 15) is 9.90 Å². The smallest absolute Gasteiger partial charge is 0.323 e. The second-order valence-corrected chi connectivity index (χ2v) is 4.36. The van der Waals surface area contributed by atoms with Crippen LogP contribution in [0.25, 0.3) is 0 Å². The third-order valence-electron chi connectivity index (χ3n) is 2.90. The molecular formula is C14H17NO3. The van der Waals surface area contributed by atoms with Gasteiger partial charge in [0.2, 0.25) is 0 Å². The molecule has 4 heteroatoms. The van der Waals surface area contributed by atoms with Gasteiger partial charge in [0, 0.05) is 0 Å². The second-order valence-electron chi connectivity index (χ2n) is 4.36. The number of aromatic hydroxyl groups is 1. The van der Waals surface area contributed by atoms with Crippen LogP contribution < -0.4 is 5.32 Å². The first kappa shape index (κ1) is 14.1. The third-order valence-corrected chi connectivity index (χ3v) is 2.90. The molecule has 0 heterocycles. The van der Waals surface area contributed by atoms with Gasteiger partial charge in [-0.1, -0.05) is 18.1 Å². The van der Waals surface area contributed by atoms with Crippen LogP contribution in [0, 0.1) is 12.3 Å². The van der Waals surface area contributed by atoms with Crippen molar-refractivity contribution >= 4 is 5.97 Å². The first-order valence-electron chi connectivity index (χ1n) is 5.68. The van der Waals surface area contributed by atoms with Crippen LogP contribution >= 0.6 is 0 Å². The number of hydrogen-bond acceptors (Lipinski definition) is 3. The molecule has 0 bridgehead atoms. The Balaban J connectivity index is 2.65. The minimum atomic E-state index is -1.04. The summed E-state index contributed by atoms with van der Waals surface area (Å²) in [5, 5.41) is 21.2. The molecule has 1 atom stereocenters. The van der Waals surface area contributed by atoms with Crippen LogP contribution in [0.3, 0.4) is 0 Å². The number of aryl methyl sites for hydroxylation is 1. The number of rotatable bonds is 6. The monoisotopic (exact) mass is 247 g/mol. The minimum Gasteiger partial charge on any atom is -0.508 e. The summed E-state index contributed by atoms with van der Waals surface area (Å²) >= 11 is 0. The standard InChI is InChI=1S/C14H17NO3/c1-3-10-15-14(2,13(17)18)9-8-11-4-6-12(16)7-5-11/h1,4-7,15-16H,8-10H2,2H3,(H,17,18). The van der Waals surface area contributed by atoms with Crippen LogP contribution in [0.4, 0.5) is 0 Å². The highest BCUT2D eigenvalue weighted by atomic mass is 16.4. The fourth-order valence-corrected chi connectivity index (χ4v) is 1.57. The van der Waals surface area contributed by atoms with Gasteiger partial charge in [0.25, 0.3) is 0 Å². The van der Waals surface area contributed by atoms with E-state index in [4.69, 9.17) is 11.5 Å². The van der Waals surface area contributed by atoms with Crippen LogP contribution in [0.5, 0.6) is 5.75 Å². The van der Waals surface area contributed by atoms with Gasteiger partial charge in [-0.15, -0.1) is 6.42 Å². The number of carbonyl (C=O) groups is 1. The molecule has 0 aliphatic rings. The van der Waals surface area contributed by atoms with E-state index in [1.807, 2.05) is 0 Å². The van der Waals surface area contributed by atoms with Crippen molar-refractivity contribution in [2.75, 3.05) is 6.54 Å². The van der Waals surface area contributed by atoms with Crippen LogP contribution in [0.1, 0.15) is 18.9 Å². The maximum Gasteiger partial charge on any atom is 0.323 e. The number of benzene rings is 1. The molecule has 0 spiro atoms. The highest BCUT2D eigenvalue weighted by Gasteiger charge is 2.31. The predicted octanol–water partition coefficient (Wildman–Crippen LogP) is 1.39. The van der Waals surface area contributed by atoms with Gasteiger partial charge in [0.05, 0.1) is 6.54 Å². The van der Waals surface area contributed by atoms with E-state index in [1.165, 1.54) is 0 Å². The van der Waals surface area contributed by atoms with Crippen molar-refractivity contribution in [3.8, 4) is 18.1 Å². The lowest BCUT2D eigenvalue weighted by atomic mass is 9.93. The summed E-state index contributed by atoms with van der Waals surface area (Å²) in [6.45, 7) is 1.84. The van der Waals surface area contributed by atoms with Gasteiger partial charge in [-0.05, 0) is 37.5 Å². The highest BCUT2D eigenvalue weighted by molar-refractivity contribution is 5.78. The molecular weight excluding hydrogens is 230 g/mol. The van der Waals surface area contributed by atoms with E-state index in [0.29, 0.717) is 12.8 Å². The summed E-state index contributed by atoms with van der Waals surface area (Å²) < 4.78 is 0.